The molecule has 42 heavy (non-hydrogen) atoms. The van der Waals surface area contributed by atoms with Crippen molar-refractivity contribution in [2.45, 2.75) is 63.6 Å². The summed E-state index contributed by atoms with van der Waals surface area (Å²) in [6.45, 7) is 7.40. The van der Waals surface area contributed by atoms with Crippen LogP contribution in [0.15, 0.2) is 47.4 Å². The molecule has 0 spiro atoms. The number of halogens is 3. The highest BCUT2D eigenvalue weighted by Gasteiger charge is 2.32. The molecule has 0 saturated heterocycles. The summed E-state index contributed by atoms with van der Waals surface area (Å²) in [5, 5.41) is 11.4. The van der Waals surface area contributed by atoms with Crippen LogP contribution in [0.5, 0.6) is 5.75 Å². The minimum atomic E-state index is -4.40. The van der Waals surface area contributed by atoms with Gasteiger partial charge in [0.1, 0.15) is 11.4 Å². The maximum atomic E-state index is 13.4. The van der Waals surface area contributed by atoms with Gasteiger partial charge in [-0.3, -0.25) is 4.79 Å². The fourth-order valence-corrected chi connectivity index (χ4v) is 6.54. The van der Waals surface area contributed by atoms with Crippen LogP contribution in [-0.2, 0) is 23.9 Å². The number of nitrogen functional groups attached to an aromatic ring is 1. The van der Waals surface area contributed by atoms with Crippen LogP contribution in [0.3, 0.4) is 0 Å². The second kappa shape index (κ2) is 12.8. The summed E-state index contributed by atoms with van der Waals surface area (Å²) >= 11 is 1.34. The first-order valence-corrected chi connectivity index (χ1v) is 14.5. The maximum absolute atomic E-state index is 13.4. The number of alkyl halides is 3. The molecule has 1 aliphatic heterocycles. The van der Waals surface area contributed by atoms with Gasteiger partial charge in [-0.15, -0.1) is 0 Å². The van der Waals surface area contributed by atoms with Crippen molar-refractivity contribution in [3.63, 3.8) is 0 Å². The summed E-state index contributed by atoms with van der Waals surface area (Å²) in [6, 6.07) is 11.6. The third-order valence-electron chi connectivity index (χ3n) is 7.81. The molecule has 0 saturated carbocycles. The molecular formula is C31H37F3N4O3S. The number of nitrogens with zero attached hydrogens (tertiary/aromatic N) is 2. The Bertz CT molecular complexity index is 1460. The van der Waals surface area contributed by atoms with Crippen LogP contribution < -0.4 is 21.3 Å². The SMILES string of the molecule is CCN(N)c1c(OC)cc([C@@H](CC(=O)O)c2ccc(C)c(CN3CCCc4ccc(C(F)(F)F)cc4S3)c2)c(C)c1N. The molecule has 0 bridgehead atoms. The van der Waals surface area contributed by atoms with Gasteiger partial charge in [0.2, 0.25) is 0 Å². The van der Waals surface area contributed by atoms with Gasteiger partial charge in [-0.25, -0.2) is 10.1 Å². The molecule has 11 heteroatoms. The molecule has 0 aromatic heterocycles. The molecule has 1 heterocycles. The number of carboxylic acid groups (broad SMARTS) is 1. The summed E-state index contributed by atoms with van der Waals surface area (Å²) in [6.07, 6.45) is -3.06. The van der Waals surface area contributed by atoms with Crippen LogP contribution >= 0.6 is 11.9 Å². The molecule has 0 unspecified atom stereocenters. The van der Waals surface area contributed by atoms with E-state index in [0.29, 0.717) is 48.1 Å². The number of methoxy groups -OCH3 is 1. The van der Waals surface area contributed by atoms with Crippen molar-refractivity contribution in [3.05, 3.63) is 81.4 Å². The van der Waals surface area contributed by atoms with Crippen LogP contribution in [0.25, 0.3) is 0 Å². The zero-order chi connectivity index (χ0) is 30.8. The Hall–Kier alpha value is -3.41. The Labute approximate surface area is 248 Å². The molecule has 0 amide bonds. The number of hydrogen-bond acceptors (Lipinski definition) is 7. The van der Waals surface area contributed by atoms with E-state index in [1.54, 1.807) is 6.07 Å². The van der Waals surface area contributed by atoms with Crippen LogP contribution in [0.4, 0.5) is 24.5 Å². The van der Waals surface area contributed by atoms with Gasteiger partial charge in [0.15, 0.2) is 0 Å². The van der Waals surface area contributed by atoms with Gasteiger partial charge in [0.25, 0.3) is 0 Å². The van der Waals surface area contributed by atoms with Crippen molar-refractivity contribution in [1.82, 2.24) is 4.31 Å². The molecular weight excluding hydrogens is 565 g/mol. The van der Waals surface area contributed by atoms with Gasteiger partial charge in [0.05, 0.1) is 24.8 Å². The molecule has 7 nitrogen and oxygen atoms in total. The van der Waals surface area contributed by atoms with E-state index in [-0.39, 0.29) is 6.42 Å². The molecule has 3 aromatic carbocycles. The third kappa shape index (κ3) is 6.79. The van der Waals surface area contributed by atoms with E-state index in [2.05, 4.69) is 4.31 Å². The predicted molar refractivity (Wildman–Crippen MR) is 161 cm³/mol. The third-order valence-corrected chi connectivity index (χ3v) is 8.96. The monoisotopic (exact) mass is 602 g/mol. The van der Waals surface area contributed by atoms with Gasteiger partial charge in [-0.1, -0.05) is 24.3 Å². The van der Waals surface area contributed by atoms with Crippen LogP contribution in [0.2, 0.25) is 0 Å². The molecule has 0 fully saturated rings. The summed E-state index contributed by atoms with van der Waals surface area (Å²) in [5.41, 5.74) is 12.0. The van der Waals surface area contributed by atoms with Crippen molar-refractivity contribution in [1.29, 1.82) is 0 Å². The van der Waals surface area contributed by atoms with Gasteiger partial charge >= 0.3 is 12.1 Å². The Morgan fingerprint density at radius 2 is 1.93 bits per heavy atom. The Morgan fingerprint density at radius 1 is 1.19 bits per heavy atom. The smallest absolute Gasteiger partial charge is 0.416 e. The fourth-order valence-electron chi connectivity index (χ4n) is 5.37. The van der Waals surface area contributed by atoms with E-state index >= 15 is 0 Å². The summed E-state index contributed by atoms with van der Waals surface area (Å²) in [4.78, 5) is 12.7. The summed E-state index contributed by atoms with van der Waals surface area (Å²) in [7, 11) is 1.52. The number of carbonyl (C=O) groups is 1. The second-order valence-corrected chi connectivity index (χ2v) is 11.7. The number of carboxylic acids is 1. The van der Waals surface area contributed by atoms with Gasteiger partial charge in [-0.05, 0) is 97.1 Å². The normalized spacial score (nSPS) is 14.7. The lowest BCUT2D eigenvalue weighted by Gasteiger charge is -2.27. The maximum Gasteiger partial charge on any atom is 0.416 e. The highest BCUT2D eigenvalue weighted by atomic mass is 32.2. The van der Waals surface area contributed by atoms with Crippen molar-refractivity contribution in [2.75, 3.05) is 30.9 Å². The number of anilines is 2. The molecule has 0 aliphatic carbocycles. The number of rotatable bonds is 9. The Balaban J connectivity index is 1.71. The van der Waals surface area contributed by atoms with Gasteiger partial charge < -0.3 is 20.6 Å². The van der Waals surface area contributed by atoms with Crippen molar-refractivity contribution < 1.29 is 27.8 Å². The second-order valence-electron chi connectivity index (χ2n) is 10.6. The summed E-state index contributed by atoms with van der Waals surface area (Å²) in [5.74, 6) is 5.15. The number of ether oxygens (including phenoxy) is 1. The number of aliphatic carboxylic acids is 1. The highest BCUT2D eigenvalue weighted by Crippen LogP contribution is 2.43. The topological polar surface area (TPSA) is 105 Å². The van der Waals surface area contributed by atoms with Crippen molar-refractivity contribution in [3.8, 4) is 5.75 Å². The number of hydrazine groups is 1. The average molecular weight is 603 g/mol. The van der Waals surface area contributed by atoms with Crippen LogP contribution in [0.1, 0.15) is 64.6 Å². The molecule has 226 valence electrons. The lowest BCUT2D eigenvalue weighted by molar-refractivity contribution is -0.138. The minimum absolute atomic E-state index is 0.169. The van der Waals surface area contributed by atoms with E-state index in [0.717, 1.165) is 45.9 Å². The molecule has 1 aliphatic rings. The van der Waals surface area contributed by atoms with E-state index in [9.17, 15) is 23.1 Å². The Kier molecular flexibility index (Phi) is 9.64. The first kappa shape index (κ1) is 31.5. The number of benzene rings is 3. The molecule has 3 aromatic rings. The highest BCUT2D eigenvalue weighted by molar-refractivity contribution is 7.97. The number of hydrogen-bond donors (Lipinski definition) is 3. The summed E-state index contributed by atoms with van der Waals surface area (Å²) < 4.78 is 47.9. The standard InChI is InChI=1S/C31H37F3N4O3S/c1-5-38(36)30-26(41-4)15-24(19(3)29(30)35)25(16-28(39)40)21-9-8-18(2)22(13-21)17-37-12-6-7-20-10-11-23(31(32,33)34)14-27(20)42-37/h8-11,13-15,25H,5-7,12,16-17,35-36H2,1-4H3,(H,39,40)/t25-/m0/s1. The largest absolute Gasteiger partial charge is 0.494 e. The van der Waals surface area contributed by atoms with Crippen molar-refractivity contribution >= 4 is 29.3 Å². The molecule has 1 atom stereocenters. The average Bonchev–Trinajstić information content (AvgIpc) is 3.14. The minimum Gasteiger partial charge on any atom is -0.494 e. The van der Waals surface area contributed by atoms with E-state index in [1.807, 2.05) is 45.0 Å². The van der Waals surface area contributed by atoms with E-state index < -0.39 is 23.6 Å². The van der Waals surface area contributed by atoms with Gasteiger partial charge in [0, 0.05) is 30.4 Å². The first-order valence-electron chi connectivity index (χ1n) is 13.8. The van der Waals surface area contributed by atoms with E-state index in [1.165, 1.54) is 30.1 Å². The Morgan fingerprint density at radius 3 is 2.57 bits per heavy atom. The predicted octanol–water partition coefficient (Wildman–Crippen LogP) is 6.68. The molecule has 4 rings (SSSR count). The number of nitrogens with two attached hydrogens (primary N) is 2. The number of fused-ring (bicyclic) bond motifs is 1. The van der Waals surface area contributed by atoms with Gasteiger partial charge in [-0.2, -0.15) is 13.2 Å². The lowest BCUT2D eigenvalue weighted by Crippen LogP contribution is -2.32. The fraction of sp³-hybridized carbons (Fsp3) is 0.387. The first-order chi connectivity index (χ1) is 19.8. The zero-order valence-electron chi connectivity index (χ0n) is 24.2. The van der Waals surface area contributed by atoms with E-state index in [4.69, 9.17) is 16.3 Å². The molecule has 0 radical (unpaired) electrons. The molecule has 5 N–H and O–H groups in total. The van der Waals surface area contributed by atoms with Crippen molar-refractivity contribution in [2.24, 2.45) is 5.84 Å². The van der Waals surface area contributed by atoms with Crippen LogP contribution in [0, 0.1) is 13.8 Å². The lowest BCUT2D eigenvalue weighted by atomic mass is 9.83. The number of aryl methyl sites for hydroxylation is 2. The zero-order valence-corrected chi connectivity index (χ0v) is 25.0. The van der Waals surface area contributed by atoms with Crippen LogP contribution in [-0.4, -0.2) is 35.6 Å². The quantitative estimate of drug-likeness (QED) is 0.108.